The van der Waals surface area contributed by atoms with Crippen molar-refractivity contribution in [2.24, 2.45) is 7.05 Å². The van der Waals surface area contributed by atoms with E-state index in [0.717, 1.165) is 40.9 Å². The number of ether oxygens (including phenoxy) is 2. The number of hydrogen-bond donors (Lipinski definition) is 0. The normalized spacial score (nSPS) is 14.2. The van der Waals surface area contributed by atoms with E-state index in [0.29, 0.717) is 11.6 Å². The lowest BCUT2D eigenvalue weighted by Crippen LogP contribution is -2.24. The van der Waals surface area contributed by atoms with Crippen LogP contribution >= 0.6 is 0 Å². The van der Waals surface area contributed by atoms with Crippen molar-refractivity contribution in [2.75, 3.05) is 7.11 Å². The van der Waals surface area contributed by atoms with Gasteiger partial charge in [0.15, 0.2) is 11.4 Å². The minimum absolute atomic E-state index is 0.284. The Balaban J connectivity index is 1.59. The van der Waals surface area contributed by atoms with Crippen molar-refractivity contribution in [3.05, 3.63) is 43.1 Å². The molecule has 5 rings (SSSR count). The van der Waals surface area contributed by atoms with Crippen LogP contribution in [0.4, 0.5) is 0 Å². The van der Waals surface area contributed by atoms with Gasteiger partial charge in [-0.15, -0.1) is 0 Å². The van der Waals surface area contributed by atoms with E-state index in [-0.39, 0.29) is 6.10 Å². The van der Waals surface area contributed by atoms with E-state index in [1.807, 2.05) is 31.6 Å². The highest BCUT2D eigenvalue weighted by atomic mass is 16.5. The Bertz CT molecular complexity index is 1140. The number of methoxy groups -OCH3 is 1. The molecule has 0 amide bonds. The molecular formula is C20H20N6O2. The first kappa shape index (κ1) is 16.7. The van der Waals surface area contributed by atoms with Crippen molar-refractivity contribution in [2.45, 2.75) is 25.4 Å². The third-order valence-corrected chi connectivity index (χ3v) is 5.04. The Hall–Kier alpha value is -3.42. The molecule has 4 aromatic heterocycles. The van der Waals surface area contributed by atoms with Crippen LogP contribution in [0.25, 0.3) is 28.0 Å². The molecule has 0 saturated heterocycles. The van der Waals surface area contributed by atoms with Crippen LogP contribution in [0.5, 0.6) is 11.6 Å². The van der Waals surface area contributed by atoms with Crippen LogP contribution < -0.4 is 9.47 Å². The van der Waals surface area contributed by atoms with Gasteiger partial charge in [-0.1, -0.05) is 0 Å². The highest BCUT2D eigenvalue weighted by Crippen LogP contribution is 2.32. The molecule has 0 aliphatic heterocycles. The molecule has 0 N–H and O–H groups in total. The third kappa shape index (κ3) is 2.87. The maximum Gasteiger partial charge on any atom is 0.214 e. The minimum Gasteiger partial charge on any atom is -0.493 e. The van der Waals surface area contributed by atoms with Gasteiger partial charge in [-0.05, 0) is 30.9 Å². The summed E-state index contributed by atoms with van der Waals surface area (Å²) in [6.07, 6.45) is 12.8. The summed E-state index contributed by atoms with van der Waals surface area (Å²) in [6.45, 7) is 0. The number of fused-ring (bicyclic) bond motifs is 1. The molecule has 1 saturated carbocycles. The molecule has 0 unspecified atom stereocenters. The van der Waals surface area contributed by atoms with Crippen molar-refractivity contribution in [1.82, 2.24) is 29.4 Å². The molecule has 1 fully saturated rings. The Morgan fingerprint density at radius 1 is 1.11 bits per heavy atom. The molecule has 0 aromatic carbocycles. The van der Waals surface area contributed by atoms with Crippen LogP contribution in [0.2, 0.25) is 0 Å². The largest absolute Gasteiger partial charge is 0.493 e. The van der Waals surface area contributed by atoms with Gasteiger partial charge in [0.1, 0.15) is 11.8 Å². The summed E-state index contributed by atoms with van der Waals surface area (Å²) in [4.78, 5) is 9.19. The minimum atomic E-state index is 0.284. The fourth-order valence-electron chi connectivity index (χ4n) is 3.30. The summed E-state index contributed by atoms with van der Waals surface area (Å²) in [6, 6.07) is 3.89. The molecule has 0 spiro atoms. The first-order valence-corrected chi connectivity index (χ1v) is 9.26. The van der Waals surface area contributed by atoms with Gasteiger partial charge < -0.3 is 9.47 Å². The van der Waals surface area contributed by atoms with Crippen molar-refractivity contribution < 1.29 is 9.47 Å². The molecule has 1 aliphatic rings. The van der Waals surface area contributed by atoms with E-state index in [1.165, 1.54) is 6.42 Å². The van der Waals surface area contributed by atoms with Gasteiger partial charge in [0, 0.05) is 36.6 Å². The lowest BCUT2D eigenvalue weighted by Gasteiger charge is -2.25. The Morgan fingerprint density at radius 2 is 2.00 bits per heavy atom. The zero-order chi connectivity index (χ0) is 19.1. The van der Waals surface area contributed by atoms with Crippen LogP contribution in [0, 0.1) is 0 Å². The van der Waals surface area contributed by atoms with E-state index < -0.39 is 0 Å². The second kappa shape index (κ2) is 6.63. The average Bonchev–Trinajstić information content (AvgIpc) is 3.29. The molecule has 8 nitrogen and oxygen atoms in total. The summed E-state index contributed by atoms with van der Waals surface area (Å²) < 4.78 is 14.9. The van der Waals surface area contributed by atoms with Crippen LogP contribution in [-0.4, -0.2) is 42.6 Å². The molecular weight excluding hydrogens is 356 g/mol. The van der Waals surface area contributed by atoms with Gasteiger partial charge >= 0.3 is 0 Å². The van der Waals surface area contributed by atoms with Crippen LogP contribution in [-0.2, 0) is 7.05 Å². The molecule has 0 radical (unpaired) electrons. The number of rotatable bonds is 5. The Labute approximate surface area is 161 Å². The van der Waals surface area contributed by atoms with Gasteiger partial charge in [-0.2, -0.15) is 10.2 Å². The van der Waals surface area contributed by atoms with E-state index in [4.69, 9.17) is 14.5 Å². The number of hydrogen-bond acceptors (Lipinski definition) is 6. The van der Waals surface area contributed by atoms with Gasteiger partial charge in [-0.25, -0.2) is 14.5 Å². The first-order chi connectivity index (χ1) is 13.7. The van der Waals surface area contributed by atoms with Gasteiger partial charge in [-0.3, -0.25) is 4.68 Å². The topological polar surface area (TPSA) is 79.4 Å². The molecule has 0 bridgehead atoms. The van der Waals surface area contributed by atoms with E-state index >= 15 is 0 Å². The van der Waals surface area contributed by atoms with Crippen LogP contribution in [0.1, 0.15) is 19.3 Å². The van der Waals surface area contributed by atoms with Crippen LogP contribution in [0.15, 0.2) is 43.1 Å². The number of pyridine rings is 1. The molecule has 28 heavy (non-hydrogen) atoms. The predicted octanol–water partition coefficient (Wildman–Crippen LogP) is 3.13. The van der Waals surface area contributed by atoms with E-state index in [9.17, 15) is 0 Å². The van der Waals surface area contributed by atoms with E-state index in [2.05, 4.69) is 15.2 Å². The maximum absolute atomic E-state index is 5.94. The SMILES string of the molecule is COc1cn2ncc(-c3ccnc(OC4CCC4)c3)c2nc1-c1cnn(C)c1. The van der Waals surface area contributed by atoms with Gasteiger partial charge in [0.05, 0.1) is 25.7 Å². The summed E-state index contributed by atoms with van der Waals surface area (Å²) in [7, 11) is 3.50. The summed E-state index contributed by atoms with van der Waals surface area (Å²) in [5.74, 6) is 1.28. The monoisotopic (exact) mass is 376 g/mol. The lowest BCUT2D eigenvalue weighted by molar-refractivity contribution is 0.115. The van der Waals surface area contributed by atoms with Crippen LogP contribution in [0.3, 0.4) is 0 Å². The Morgan fingerprint density at radius 3 is 2.71 bits per heavy atom. The zero-order valence-corrected chi connectivity index (χ0v) is 15.7. The molecule has 1 aliphatic carbocycles. The second-order valence-electron chi connectivity index (χ2n) is 6.94. The smallest absolute Gasteiger partial charge is 0.214 e. The fraction of sp³-hybridized carbons (Fsp3) is 0.300. The molecule has 142 valence electrons. The molecule has 4 heterocycles. The van der Waals surface area contributed by atoms with Crippen molar-refractivity contribution in [1.29, 1.82) is 0 Å². The highest BCUT2D eigenvalue weighted by molar-refractivity contribution is 5.80. The fourth-order valence-corrected chi connectivity index (χ4v) is 3.30. The van der Waals surface area contributed by atoms with Gasteiger partial charge in [0.2, 0.25) is 5.88 Å². The Kier molecular flexibility index (Phi) is 3.96. The number of aromatic nitrogens is 6. The molecule has 4 aromatic rings. The standard InChI is InChI=1S/C20H20N6O2/c1-25-11-14(9-22-25)19-17(27-2)12-26-20(24-19)16(10-23-26)13-6-7-21-18(8-13)28-15-4-3-5-15/h6-12,15H,3-5H2,1-2H3. The first-order valence-electron chi connectivity index (χ1n) is 9.26. The lowest BCUT2D eigenvalue weighted by atomic mass is 9.96. The van der Waals surface area contributed by atoms with Gasteiger partial charge in [0.25, 0.3) is 0 Å². The molecule has 0 atom stereocenters. The zero-order valence-electron chi connectivity index (χ0n) is 15.7. The number of nitrogens with zero attached hydrogens (tertiary/aromatic N) is 6. The summed E-state index contributed by atoms with van der Waals surface area (Å²) in [5, 5.41) is 8.70. The van der Waals surface area contributed by atoms with Crippen molar-refractivity contribution in [3.8, 4) is 34.0 Å². The third-order valence-electron chi connectivity index (χ3n) is 5.04. The summed E-state index contributed by atoms with van der Waals surface area (Å²) >= 11 is 0. The summed E-state index contributed by atoms with van der Waals surface area (Å²) in [5.41, 5.74) is 4.23. The number of aryl methyl sites for hydroxylation is 1. The van der Waals surface area contributed by atoms with E-state index in [1.54, 1.807) is 34.9 Å². The average molecular weight is 376 g/mol. The molecule has 8 heteroatoms. The second-order valence-corrected chi connectivity index (χ2v) is 6.94. The van der Waals surface area contributed by atoms with Crippen molar-refractivity contribution >= 4 is 5.65 Å². The highest BCUT2D eigenvalue weighted by Gasteiger charge is 2.20. The predicted molar refractivity (Wildman–Crippen MR) is 103 cm³/mol. The van der Waals surface area contributed by atoms with Crippen molar-refractivity contribution in [3.63, 3.8) is 0 Å². The maximum atomic E-state index is 5.94. The quantitative estimate of drug-likeness (QED) is 0.532.